The Morgan fingerprint density at radius 3 is 2.77 bits per heavy atom. The lowest BCUT2D eigenvalue weighted by Crippen LogP contribution is -2.30. The van der Waals surface area contributed by atoms with E-state index < -0.39 is 6.10 Å². The molecule has 2 amide bonds. The second-order valence-corrected chi connectivity index (χ2v) is 5.16. The molecule has 22 heavy (non-hydrogen) atoms. The first kappa shape index (κ1) is 14.1. The van der Waals surface area contributed by atoms with Crippen molar-refractivity contribution in [2.24, 2.45) is 0 Å². The molecular weight excluding hydrogens is 280 g/mol. The molecule has 0 aliphatic carbocycles. The van der Waals surface area contributed by atoms with Crippen molar-refractivity contribution in [1.29, 1.82) is 0 Å². The summed E-state index contributed by atoms with van der Waals surface area (Å²) < 4.78 is 5.58. The fourth-order valence-electron chi connectivity index (χ4n) is 2.31. The summed E-state index contributed by atoms with van der Waals surface area (Å²) in [4.78, 5) is 23.5. The molecule has 1 heterocycles. The highest BCUT2D eigenvalue weighted by molar-refractivity contribution is 6.00. The van der Waals surface area contributed by atoms with Crippen LogP contribution in [0.5, 0.6) is 5.75 Å². The van der Waals surface area contributed by atoms with Crippen molar-refractivity contribution in [2.75, 3.05) is 10.6 Å². The lowest BCUT2D eigenvalue weighted by Gasteiger charge is -2.15. The normalized spacial score (nSPS) is 14.0. The Balaban J connectivity index is 1.64. The molecule has 1 unspecified atom stereocenters. The average molecular weight is 296 g/mol. The zero-order valence-electron chi connectivity index (χ0n) is 12.1. The summed E-state index contributed by atoms with van der Waals surface area (Å²) >= 11 is 0. The Hall–Kier alpha value is -2.82. The van der Waals surface area contributed by atoms with Gasteiger partial charge in [-0.05, 0) is 42.8 Å². The quantitative estimate of drug-likeness (QED) is 0.911. The van der Waals surface area contributed by atoms with E-state index in [1.807, 2.05) is 18.2 Å². The van der Waals surface area contributed by atoms with E-state index in [0.717, 1.165) is 11.3 Å². The third kappa shape index (κ3) is 3.09. The topological polar surface area (TPSA) is 67.4 Å². The van der Waals surface area contributed by atoms with Crippen LogP contribution in [0.15, 0.2) is 48.5 Å². The number of carbonyl (C=O) groups excluding carboxylic acids is 2. The van der Waals surface area contributed by atoms with E-state index in [1.165, 1.54) is 0 Å². The average Bonchev–Trinajstić information content (AvgIpc) is 2.87. The fourth-order valence-corrected chi connectivity index (χ4v) is 2.31. The van der Waals surface area contributed by atoms with Crippen LogP contribution in [0.4, 0.5) is 11.4 Å². The van der Waals surface area contributed by atoms with Crippen LogP contribution in [-0.2, 0) is 16.0 Å². The van der Waals surface area contributed by atoms with Gasteiger partial charge in [-0.1, -0.05) is 18.2 Å². The molecule has 2 N–H and O–H groups in total. The second-order valence-electron chi connectivity index (χ2n) is 5.16. The van der Waals surface area contributed by atoms with Gasteiger partial charge in [-0.3, -0.25) is 9.59 Å². The molecule has 112 valence electrons. The van der Waals surface area contributed by atoms with Crippen LogP contribution in [0.1, 0.15) is 12.5 Å². The maximum Gasteiger partial charge on any atom is 0.265 e. The molecule has 5 nitrogen and oxygen atoms in total. The standard InChI is InChI=1S/C17H16N2O3/c1-11(22-14-5-3-2-4-6-14)17(21)18-13-7-8-15-12(9-13)10-16(20)19-15/h2-9,11H,10H2,1H3,(H,18,21)(H,19,20). The van der Waals surface area contributed by atoms with E-state index in [4.69, 9.17) is 4.74 Å². The maximum absolute atomic E-state index is 12.2. The van der Waals surface area contributed by atoms with Gasteiger partial charge in [0.1, 0.15) is 5.75 Å². The number of rotatable bonds is 4. The molecule has 0 saturated heterocycles. The number of nitrogens with one attached hydrogen (secondary N) is 2. The summed E-state index contributed by atoms with van der Waals surface area (Å²) in [6, 6.07) is 14.6. The fraction of sp³-hybridized carbons (Fsp3) is 0.176. The summed E-state index contributed by atoms with van der Waals surface area (Å²) in [5.74, 6) is 0.384. The van der Waals surface area contributed by atoms with Gasteiger partial charge in [-0.15, -0.1) is 0 Å². The van der Waals surface area contributed by atoms with Gasteiger partial charge in [0, 0.05) is 11.4 Å². The minimum absolute atomic E-state index is 0.0285. The number of ether oxygens (including phenoxy) is 1. The number of benzene rings is 2. The molecule has 3 rings (SSSR count). The molecule has 1 aliphatic heterocycles. The van der Waals surface area contributed by atoms with Crippen LogP contribution < -0.4 is 15.4 Å². The largest absolute Gasteiger partial charge is 0.481 e. The van der Waals surface area contributed by atoms with E-state index in [2.05, 4.69) is 10.6 Å². The Morgan fingerprint density at radius 1 is 1.23 bits per heavy atom. The van der Waals surface area contributed by atoms with Gasteiger partial charge in [-0.25, -0.2) is 0 Å². The number of para-hydroxylation sites is 1. The number of carbonyl (C=O) groups is 2. The predicted molar refractivity (Wildman–Crippen MR) is 83.9 cm³/mol. The molecule has 0 aromatic heterocycles. The molecule has 0 radical (unpaired) electrons. The predicted octanol–water partition coefficient (Wildman–Crippen LogP) is 2.59. The van der Waals surface area contributed by atoms with E-state index in [-0.39, 0.29) is 11.8 Å². The molecule has 2 aromatic carbocycles. The maximum atomic E-state index is 12.2. The zero-order valence-corrected chi connectivity index (χ0v) is 12.1. The van der Waals surface area contributed by atoms with Gasteiger partial charge in [0.25, 0.3) is 5.91 Å². The first-order valence-electron chi connectivity index (χ1n) is 7.07. The van der Waals surface area contributed by atoms with Crippen molar-refractivity contribution in [2.45, 2.75) is 19.4 Å². The van der Waals surface area contributed by atoms with Gasteiger partial charge in [-0.2, -0.15) is 0 Å². The number of hydrogen-bond acceptors (Lipinski definition) is 3. The molecule has 0 bridgehead atoms. The lowest BCUT2D eigenvalue weighted by atomic mass is 10.1. The summed E-state index contributed by atoms with van der Waals surface area (Å²) in [6.45, 7) is 1.70. The lowest BCUT2D eigenvalue weighted by molar-refractivity contribution is -0.122. The van der Waals surface area contributed by atoms with Gasteiger partial charge < -0.3 is 15.4 Å². The monoisotopic (exact) mass is 296 g/mol. The van der Waals surface area contributed by atoms with E-state index >= 15 is 0 Å². The minimum Gasteiger partial charge on any atom is -0.481 e. The highest BCUT2D eigenvalue weighted by Gasteiger charge is 2.19. The first-order valence-corrected chi connectivity index (χ1v) is 7.07. The van der Waals surface area contributed by atoms with Crippen LogP contribution in [0.25, 0.3) is 0 Å². The van der Waals surface area contributed by atoms with Crippen molar-refractivity contribution in [3.63, 3.8) is 0 Å². The number of amides is 2. The van der Waals surface area contributed by atoms with Crippen molar-refractivity contribution in [3.8, 4) is 5.75 Å². The molecule has 2 aromatic rings. The highest BCUT2D eigenvalue weighted by Crippen LogP contribution is 2.26. The highest BCUT2D eigenvalue weighted by atomic mass is 16.5. The van der Waals surface area contributed by atoms with Crippen LogP contribution in [0.2, 0.25) is 0 Å². The Morgan fingerprint density at radius 2 is 2.00 bits per heavy atom. The summed E-state index contributed by atoms with van der Waals surface area (Å²) in [5.41, 5.74) is 2.35. The number of anilines is 2. The first-order chi connectivity index (χ1) is 10.6. The molecule has 0 fully saturated rings. The Labute approximate surface area is 128 Å². The Kier molecular flexibility index (Phi) is 3.78. The van der Waals surface area contributed by atoms with Gasteiger partial charge in [0.2, 0.25) is 5.91 Å². The van der Waals surface area contributed by atoms with Crippen molar-refractivity contribution in [1.82, 2.24) is 0 Å². The molecule has 1 atom stereocenters. The van der Waals surface area contributed by atoms with E-state index in [9.17, 15) is 9.59 Å². The van der Waals surface area contributed by atoms with Gasteiger partial charge >= 0.3 is 0 Å². The van der Waals surface area contributed by atoms with Crippen molar-refractivity contribution < 1.29 is 14.3 Å². The SMILES string of the molecule is CC(Oc1ccccc1)C(=O)Nc1ccc2c(c1)CC(=O)N2. The number of hydrogen-bond donors (Lipinski definition) is 2. The van der Waals surface area contributed by atoms with E-state index in [1.54, 1.807) is 37.3 Å². The van der Waals surface area contributed by atoms with Crippen molar-refractivity contribution in [3.05, 3.63) is 54.1 Å². The van der Waals surface area contributed by atoms with Crippen molar-refractivity contribution >= 4 is 23.2 Å². The Bertz CT molecular complexity index is 713. The third-order valence-electron chi connectivity index (χ3n) is 3.42. The van der Waals surface area contributed by atoms with Crippen LogP contribution in [-0.4, -0.2) is 17.9 Å². The zero-order chi connectivity index (χ0) is 15.5. The van der Waals surface area contributed by atoms with E-state index in [0.29, 0.717) is 17.9 Å². The molecule has 1 aliphatic rings. The molecule has 5 heteroatoms. The summed E-state index contributed by atoms with van der Waals surface area (Å²) in [5, 5.41) is 5.56. The molecule has 0 spiro atoms. The summed E-state index contributed by atoms with van der Waals surface area (Å²) in [6.07, 6.45) is -0.273. The van der Waals surface area contributed by atoms with Crippen LogP contribution in [0.3, 0.4) is 0 Å². The van der Waals surface area contributed by atoms with Crippen LogP contribution >= 0.6 is 0 Å². The smallest absolute Gasteiger partial charge is 0.265 e. The molecular formula is C17H16N2O3. The number of fused-ring (bicyclic) bond motifs is 1. The third-order valence-corrected chi connectivity index (χ3v) is 3.42. The van der Waals surface area contributed by atoms with Crippen LogP contribution in [0, 0.1) is 0 Å². The summed E-state index contributed by atoms with van der Waals surface area (Å²) in [7, 11) is 0. The van der Waals surface area contributed by atoms with Gasteiger partial charge in [0.05, 0.1) is 6.42 Å². The minimum atomic E-state index is -0.615. The molecule has 0 saturated carbocycles. The van der Waals surface area contributed by atoms with Gasteiger partial charge in [0.15, 0.2) is 6.10 Å². The second kappa shape index (κ2) is 5.89.